The Morgan fingerprint density at radius 2 is 1.86 bits per heavy atom. The van der Waals surface area contributed by atoms with Crippen molar-refractivity contribution in [3.8, 4) is 5.69 Å². The van der Waals surface area contributed by atoms with Crippen molar-refractivity contribution in [2.75, 3.05) is 6.54 Å². The quantitative estimate of drug-likeness (QED) is 0.279. The number of nitrogens with zero attached hydrogens (tertiary/aromatic N) is 4. The lowest BCUT2D eigenvalue weighted by molar-refractivity contribution is -0.140. The highest BCUT2D eigenvalue weighted by molar-refractivity contribution is 7.89. The van der Waals surface area contributed by atoms with Crippen LogP contribution in [0, 0.1) is 5.92 Å². The third-order valence-corrected chi connectivity index (χ3v) is 9.04. The molecule has 220 valence electrons. The summed E-state index contributed by atoms with van der Waals surface area (Å²) in [6.45, 7) is 4.38. The molecule has 1 aliphatic rings. The van der Waals surface area contributed by atoms with Crippen LogP contribution in [0.1, 0.15) is 38.7 Å². The van der Waals surface area contributed by atoms with E-state index in [4.69, 9.17) is 11.6 Å². The first-order valence-electron chi connectivity index (χ1n) is 13.8. The Labute approximate surface area is 250 Å². The second-order valence-corrected chi connectivity index (χ2v) is 13.0. The number of hydrogen-bond donors (Lipinski definition) is 2. The van der Waals surface area contributed by atoms with Crippen LogP contribution in [0.4, 0.5) is 0 Å². The van der Waals surface area contributed by atoms with E-state index in [2.05, 4.69) is 20.1 Å². The van der Waals surface area contributed by atoms with Crippen LogP contribution < -0.4 is 10.0 Å². The highest BCUT2D eigenvalue weighted by Crippen LogP contribution is 2.24. The lowest BCUT2D eigenvalue weighted by Crippen LogP contribution is -2.53. The molecule has 0 aliphatic carbocycles. The number of amides is 2. The number of fused-ring (bicyclic) bond motifs is 1. The number of halogens is 1. The minimum absolute atomic E-state index is 0.0335. The average Bonchev–Trinajstić information content (AvgIpc) is 3.68. The molecule has 2 atom stereocenters. The second kappa shape index (κ2) is 12.6. The van der Waals surface area contributed by atoms with E-state index >= 15 is 0 Å². The minimum atomic E-state index is -4.01. The lowest BCUT2D eigenvalue weighted by Gasteiger charge is -2.29. The van der Waals surface area contributed by atoms with E-state index in [1.165, 1.54) is 17.3 Å². The van der Waals surface area contributed by atoms with Gasteiger partial charge in [-0.1, -0.05) is 55.8 Å². The number of hydrogen-bond acceptors (Lipinski definition) is 6. The Morgan fingerprint density at radius 3 is 2.60 bits per heavy atom. The summed E-state index contributed by atoms with van der Waals surface area (Å²) in [6, 6.07) is 15.9. The van der Waals surface area contributed by atoms with Crippen LogP contribution in [0.5, 0.6) is 0 Å². The van der Waals surface area contributed by atoms with Gasteiger partial charge in [-0.15, -0.1) is 0 Å². The van der Waals surface area contributed by atoms with Crippen molar-refractivity contribution >= 4 is 44.2 Å². The predicted octanol–water partition coefficient (Wildman–Crippen LogP) is 4.07. The van der Waals surface area contributed by atoms with Gasteiger partial charge in [0, 0.05) is 18.1 Å². The van der Waals surface area contributed by atoms with Crippen molar-refractivity contribution in [1.29, 1.82) is 0 Å². The zero-order valence-electron chi connectivity index (χ0n) is 23.4. The summed E-state index contributed by atoms with van der Waals surface area (Å²) < 4.78 is 31.1. The Balaban J connectivity index is 1.32. The van der Waals surface area contributed by atoms with Crippen molar-refractivity contribution < 1.29 is 18.0 Å². The van der Waals surface area contributed by atoms with E-state index in [1.54, 1.807) is 41.3 Å². The number of likely N-dealkylation sites (tertiary alicyclic amines) is 1. The molecule has 0 bridgehead atoms. The SMILES string of the molecule is CC(C)C[C@H](NS(=O)(=O)c1ccc2ccccc2c1)C(=O)N1CCC[C@H]1C(=O)NCc1cc(Cl)ccc1-n1cncn1. The van der Waals surface area contributed by atoms with Gasteiger partial charge >= 0.3 is 0 Å². The Bertz CT molecular complexity index is 1690. The third kappa shape index (κ3) is 6.64. The molecule has 0 spiro atoms. The van der Waals surface area contributed by atoms with Crippen molar-refractivity contribution in [3.63, 3.8) is 0 Å². The van der Waals surface area contributed by atoms with Gasteiger partial charge in [0.1, 0.15) is 24.7 Å². The van der Waals surface area contributed by atoms with Crippen molar-refractivity contribution in [1.82, 2.24) is 29.7 Å². The van der Waals surface area contributed by atoms with Crippen molar-refractivity contribution in [2.24, 2.45) is 5.92 Å². The maximum atomic E-state index is 13.8. The van der Waals surface area contributed by atoms with Crippen LogP contribution in [-0.2, 0) is 26.2 Å². The summed E-state index contributed by atoms with van der Waals surface area (Å²) in [6.07, 6.45) is 4.38. The van der Waals surface area contributed by atoms with Crippen molar-refractivity contribution in [2.45, 2.75) is 56.6 Å². The van der Waals surface area contributed by atoms with Gasteiger partial charge in [-0.2, -0.15) is 9.82 Å². The highest BCUT2D eigenvalue weighted by Gasteiger charge is 2.38. The van der Waals surface area contributed by atoms with Gasteiger partial charge in [-0.05, 0) is 71.8 Å². The van der Waals surface area contributed by atoms with Crippen LogP contribution >= 0.6 is 11.6 Å². The molecule has 12 heteroatoms. The van der Waals surface area contributed by atoms with Gasteiger partial charge in [0.15, 0.2) is 0 Å². The van der Waals surface area contributed by atoms with E-state index in [-0.39, 0.29) is 23.3 Å². The summed E-state index contributed by atoms with van der Waals surface area (Å²) in [5.74, 6) is -0.686. The molecule has 42 heavy (non-hydrogen) atoms. The van der Waals surface area contributed by atoms with Gasteiger partial charge in [-0.3, -0.25) is 9.59 Å². The molecule has 0 unspecified atom stereocenters. The Morgan fingerprint density at radius 1 is 1.07 bits per heavy atom. The first-order valence-corrected chi connectivity index (χ1v) is 15.7. The fourth-order valence-electron chi connectivity index (χ4n) is 5.32. The minimum Gasteiger partial charge on any atom is -0.350 e. The largest absolute Gasteiger partial charge is 0.350 e. The first-order chi connectivity index (χ1) is 20.1. The molecule has 1 aromatic heterocycles. The molecular formula is C30H33ClN6O4S. The number of nitrogens with one attached hydrogen (secondary N) is 2. The molecule has 0 radical (unpaired) electrons. The molecule has 1 aliphatic heterocycles. The molecule has 10 nitrogen and oxygen atoms in total. The molecular weight excluding hydrogens is 576 g/mol. The summed E-state index contributed by atoms with van der Waals surface area (Å²) in [4.78, 5) is 32.8. The monoisotopic (exact) mass is 608 g/mol. The molecule has 2 amide bonds. The lowest BCUT2D eigenvalue weighted by atomic mass is 10.0. The average molecular weight is 609 g/mol. The zero-order valence-corrected chi connectivity index (χ0v) is 25.0. The van der Waals surface area contributed by atoms with Crippen LogP contribution in [0.15, 0.2) is 78.2 Å². The van der Waals surface area contributed by atoms with E-state index in [0.717, 1.165) is 22.0 Å². The molecule has 1 saturated heterocycles. The summed E-state index contributed by atoms with van der Waals surface area (Å²) in [7, 11) is -4.01. The topological polar surface area (TPSA) is 126 Å². The van der Waals surface area contributed by atoms with Gasteiger partial charge < -0.3 is 10.2 Å². The molecule has 0 saturated carbocycles. The molecule has 4 aromatic rings. The molecule has 5 rings (SSSR count). The number of sulfonamides is 1. The van der Waals surface area contributed by atoms with Gasteiger partial charge in [0.2, 0.25) is 21.8 Å². The summed E-state index contributed by atoms with van der Waals surface area (Å²) in [5.41, 5.74) is 1.45. The van der Waals surface area contributed by atoms with E-state index in [1.807, 2.05) is 38.1 Å². The smallest absolute Gasteiger partial charge is 0.243 e. The van der Waals surface area contributed by atoms with Crippen LogP contribution in [0.25, 0.3) is 16.5 Å². The van der Waals surface area contributed by atoms with E-state index < -0.39 is 28.0 Å². The second-order valence-electron chi connectivity index (χ2n) is 10.8. The standard InChI is InChI=1S/C30H33ClN6O4S/c1-20(2)14-26(35-42(40,41)25-11-9-21-6-3-4-7-22(21)16-25)30(39)36-13-5-8-28(36)29(38)33-17-23-15-24(31)10-12-27(23)37-19-32-18-34-37/h3-4,6-7,9-12,15-16,18-20,26,28,35H,5,8,13-14,17H2,1-2H3,(H,33,38)/t26-,28-/m0/s1. The Hall–Kier alpha value is -3.80. The van der Waals surface area contributed by atoms with Crippen LogP contribution in [0.3, 0.4) is 0 Å². The number of carbonyl (C=O) groups excluding carboxylic acids is 2. The van der Waals surface area contributed by atoms with E-state index in [0.29, 0.717) is 30.8 Å². The van der Waals surface area contributed by atoms with Crippen molar-refractivity contribution in [3.05, 3.63) is 83.9 Å². The van der Waals surface area contributed by atoms with Gasteiger partial charge in [0.05, 0.1) is 10.6 Å². The number of rotatable bonds is 10. The molecule has 2 N–H and O–H groups in total. The van der Waals surface area contributed by atoms with Gasteiger partial charge in [0.25, 0.3) is 0 Å². The molecule has 3 aromatic carbocycles. The fourth-order valence-corrected chi connectivity index (χ4v) is 6.75. The number of carbonyl (C=O) groups is 2. The number of benzene rings is 3. The normalized spacial score (nSPS) is 16.2. The Kier molecular flexibility index (Phi) is 8.91. The fraction of sp³-hybridized carbons (Fsp3) is 0.333. The zero-order chi connectivity index (χ0) is 29.9. The molecule has 1 fully saturated rings. The van der Waals surface area contributed by atoms with E-state index in [9.17, 15) is 18.0 Å². The van der Waals surface area contributed by atoms with Gasteiger partial charge in [-0.25, -0.2) is 18.1 Å². The van der Waals surface area contributed by atoms with Crippen LogP contribution in [-0.4, -0.2) is 58.5 Å². The highest BCUT2D eigenvalue weighted by atomic mass is 35.5. The number of aromatic nitrogens is 3. The van der Waals surface area contributed by atoms with Crippen LogP contribution in [0.2, 0.25) is 5.02 Å². The predicted molar refractivity (Wildman–Crippen MR) is 160 cm³/mol. The molecule has 2 heterocycles. The maximum absolute atomic E-state index is 13.8. The summed E-state index contributed by atoms with van der Waals surface area (Å²) >= 11 is 6.22. The first kappa shape index (κ1) is 29.7. The summed E-state index contributed by atoms with van der Waals surface area (Å²) in [5, 5.41) is 9.32. The third-order valence-electron chi connectivity index (χ3n) is 7.33. The maximum Gasteiger partial charge on any atom is 0.243 e.